The van der Waals surface area contributed by atoms with Crippen molar-refractivity contribution in [3.05, 3.63) is 59.7 Å². The Bertz CT molecular complexity index is 877. The molecule has 0 spiro atoms. The molecule has 134 valence electrons. The van der Waals surface area contributed by atoms with Gasteiger partial charge in [-0.05, 0) is 38.1 Å². The van der Waals surface area contributed by atoms with Crippen molar-refractivity contribution in [1.29, 1.82) is 0 Å². The van der Waals surface area contributed by atoms with Crippen LogP contribution in [-0.4, -0.2) is 28.3 Å². The first-order chi connectivity index (χ1) is 12.5. The Hall–Kier alpha value is -2.38. The fourth-order valence-electron chi connectivity index (χ4n) is 2.26. The van der Waals surface area contributed by atoms with Gasteiger partial charge in [-0.1, -0.05) is 52.9 Å². The summed E-state index contributed by atoms with van der Waals surface area (Å²) < 4.78 is 5.90. The number of ether oxygens (including phenoxy) is 1. The fraction of sp³-hybridized carbons (Fsp3) is 0.211. The van der Waals surface area contributed by atoms with Crippen molar-refractivity contribution in [2.45, 2.75) is 23.4 Å². The summed E-state index contributed by atoms with van der Waals surface area (Å²) in [5.41, 5.74) is 2.76. The van der Waals surface area contributed by atoms with Crippen LogP contribution >= 0.6 is 23.1 Å². The van der Waals surface area contributed by atoms with Gasteiger partial charge >= 0.3 is 0 Å². The van der Waals surface area contributed by atoms with E-state index in [2.05, 4.69) is 15.5 Å². The molecule has 3 rings (SSSR count). The zero-order chi connectivity index (χ0) is 18.5. The number of aryl methyl sites for hydroxylation is 1. The number of ketones is 1. The van der Waals surface area contributed by atoms with Crippen LogP contribution in [0.4, 0.5) is 10.8 Å². The third-order valence-corrected chi connectivity index (χ3v) is 5.75. The second kappa shape index (κ2) is 8.33. The number of aromatic nitrogens is 2. The van der Waals surface area contributed by atoms with Gasteiger partial charge in [0.15, 0.2) is 10.1 Å². The molecule has 0 aliphatic heterocycles. The van der Waals surface area contributed by atoms with E-state index in [0.29, 0.717) is 5.13 Å². The maximum atomic E-state index is 12.5. The van der Waals surface area contributed by atoms with Gasteiger partial charge in [0.05, 0.1) is 12.4 Å². The molecule has 0 unspecified atom stereocenters. The van der Waals surface area contributed by atoms with Crippen LogP contribution in [0.2, 0.25) is 0 Å². The maximum Gasteiger partial charge on any atom is 0.210 e. The van der Waals surface area contributed by atoms with E-state index in [0.717, 1.165) is 26.9 Å². The van der Waals surface area contributed by atoms with Crippen molar-refractivity contribution in [2.24, 2.45) is 0 Å². The summed E-state index contributed by atoms with van der Waals surface area (Å²) in [5, 5.41) is 12.0. The van der Waals surface area contributed by atoms with Crippen molar-refractivity contribution in [3.8, 4) is 5.75 Å². The molecule has 1 atom stereocenters. The first-order valence-electron chi connectivity index (χ1n) is 8.07. The molecule has 1 aromatic heterocycles. The van der Waals surface area contributed by atoms with E-state index in [-0.39, 0.29) is 11.0 Å². The molecule has 3 aromatic rings. The highest BCUT2D eigenvalue weighted by Gasteiger charge is 2.18. The summed E-state index contributed by atoms with van der Waals surface area (Å²) in [6.07, 6.45) is 0. The van der Waals surface area contributed by atoms with E-state index in [4.69, 9.17) is 4.74 Å². The lowest BCUT2D eigenvalue weighted by Gasteiger charge is -2.08. The van der Waals surface area contributed by atoms with E-state index < -0.39 is 0 Å². The molecule has 0 saturated carbocycles. The number of benzene rings is 2. The van der Waals surface area contributed by atoms with Gasteiger partial charge < -0.3 is 10.1 Å². The zero-order valence-corrected chi connectivity index (χ0v) is 16.4. The van der Waals surface area contributed by atoms with Crippen LogP contribution in [0.1, 0.15) is 22.8 Å². The summed E-state index contributed by atoms with van der Waals surface area (Å²) in [6.45, 7) is 3.90. The number of methoxy groups -OCH3 is 1. The number of hydrogen-bond donors (Lipinski definition) is 1. The Morgan fingerprint density at radius 2 is 1.81 bits per heavy atom. The Kier molecular flexibility index (Phi) is 5.90. The van der Waals surface area contributed by atoms with Gasteiger partial charge in [-0.3, -0.25) is 4.79 Å². The number of carbonyl (C=O) groups excluding carboxylic acids is 1. The van der Waals surface area contributed by atoms with Crippen molar-refractivity contribution in [1.82, 2.24) is 10.2 Å². The normalized spacial score (nSPS) is 11.8. The smallest absolute Gasteiger partial charge is 0.210 e. The van der Waals surface area contributed by atoms with Crippen LogP contribution < -0.4 is 10.1 Å². The molecule has 0 radical (unpaired) electrons. The van der Waals surface area contributed by atoms with Crippen LogP contribution in [0.25, 0.3) is 0 Å². The molecule has 0 amide bonds. The lowest BCUT2D eigenvalue weighted by Crippen LogP contribution is -2.13. The summed E-state index contributed by atoms with van der Waals surface area (Å²) in [6, 6.07) is 15.2. The van der Waals surface area contributed by atoms with Crippen molar-refractivity contribution in [2.75, 3.05) is 12.4 Å². The van der Waals surface area contributed by atoms with E-state index in [9.17, 15) is 4.79 Å². The molecule has 2 aromatic carbocycles. The summed E-state index contributed by atoms with van der Waals surface area (Å²) >= 11 is 2.85. The quantitative estimate of drug-likeness (QED) is 0.458. The third kappa shape index (κ3) is 4.62. The number of hydrogen-bond acceptors (Lipinski definition) is 7. The summed E-state index contributed by atoms with van der Waals surface area (Å²) in [7, 11) is 1.63. The number of anilines is 2. The van der Waals surface area contributed by atoms with Crippen LogP contribution in [-0.2, 0) is 0 Å². The summed E-state index contributed by atoms with van der Waals surface area (Å²) in [4.78, 5) is 12.5. The van der Waals surface area contributed by atoms with Gasteiger partial charge in [-0.2, -0.15) is 0 Å². The average Bonchev–Trinajstić information content (AvgIpc) is 3.09. The SMILES string of the molecule is COc1ccc(Nc2nnc(S[C@H](C)C(=O)c3ccc(C)cc3)s2)cc1. The Morgan fingerprint density at radius 3 is 2.46 bits per heavy atom. The molecular formula is C19H19N3O2S2. The minimum absolute atomic E-state index is 0.0925. The van der Waals surface area contributed by atoms with Gasteiger partial charge in [0.25, 0.3) is 0 Å². The molecular weight excluding hydrogens is 366 g/mol. The number of thioether (sulfide) groups is 1. The minimum atomic E-state index is -0.223. The molecule has 0 fully saturated rings. The van der Waals surface area contributed by atoms with Gasteiger partial charge in [0.2, 0.25) is 5.13 Å². The Labute approximate surface area is 160 Å². The predicted octanol–water partition coefficient (Wildman–Crippen LogP) is 4.96. The van der Waals surface area contributed by atoms with Gasteiger partial charge in [0.1, 0.15) is 5.75 Å². The predicted molar refractivity (Wildman–Crippen MR) is 107 cm³/mol. The maximum absolute atomic E-state index is 12.5. The van der Waals surface area contributed by atoms with E-state index in [1.807, 2.05) is 62.4 Å². The number of carbonyl (C=O) groups is 1. The molecule has 0 saturated heterocycles. The van der Waals surface area contributed by atoms with Crippen LogP contribution in [0.3, 0.4) is 0 Å². The van der Waals surface area contributed by atoms with Crippen molar-refractivity contribution < 1.29 is 9.53 Å². The molecule has 5 nitrogen and oxygen atoms in total. The highest BCUT2D eigenvalue weighted by Crippen LogP contribution is 2.32. The first-order valence-corrected chi connectivity index (χ1v) is 9.77. The molecule has 26 heavy (non-hydrogen) atoms. The van der Waals surface area contributed by atoms with E-state index in [1.54, 1.807) is 7.11 Å². The Morgan fingerprint density at radius 1 is 1.12 bits per heavy atom. The molecule has 7 heteroatoms. The molecule has 0 bridgehead atoms. The van der Waals surface area contributed by atoms with E-state index in [1.165, 1.54) is 23.1 Å². The van der Waals surface area contributed by atoms with Crippen LogP contribution in [0, 0.1) is 6.92 Å². The van der Waals surface area contributed by atoms with Crippen LogP contribution in [0.5, 0.6) is 5.75 Å². The second-order valence-electron chi connectivity index (χ2n) is 5.72. The van der Waals surface area contributed by atoms with Crippen LogP contribution in [0.15, 0.2) is 52.9 Å². The van der Waals surface area contributed by atoms with E-state index >= 15 is 0 Å². The van der Waals surface area contributed by atoms with Gasteiger partial charge in [-0.15, -0.1) is 10.2 Å². The van der Waals surface area contributed by atoms with Crippen molar-refractivity contribution in [3.63, 3.8) is 0 Å². The van der Waals surface area contributed by atoms with Gasteiger partial charge in [0, 0.05) is 11.3 Å². The highest BCUT2D eigenvalue weighted by atomic mass is 32.2. The van der Waals surface area contributed by atoms with Crippen molar-refractivity contribution >= 4 is 39.7 Å². The molecule has 0 aliphatic rings. The molecule has 1 N–H and O–H groups in total. The third-order valence-electron chi connectivity index (χ3n) is 3.73. The molecule has 0 aliphatic carbocycles. The number of rotatable bonds is 7. The number of nitrogens with zero attached hydrogens (tertiary/aromatic N) is 2. The second-order valence-corrected chi connectivity index (χ2v) is 8.28. The molecule has 1 heterocycles. The highest BCUT2D eigenvalue weighted by molar-refractivity contribution is 8.02. The number of Topliss-reactive ketones (excluding diaryl/α,β-unsaturated/α-hetero) is 1. The lowest BCUT2D eigenvalue weighted by molar-refractivity contribution is 0.0994. The average molecular weight is 386 g/mol. The standard InChI is InChI=1S/C19H19N3O2S2/c1-12-4-6-14(7-5-12)17(23)13(2)25-19-22-21-18(26-19)20-15-8-10-16(24-3)11-9-15/h4-11,13H,1-3H3,(H,20,21)/t13-/m1/s1. The zero-order valence-electron chi connectivity index (χ0n) is 14.7. The monoisotopic (exact) mass is 385 g/mol. The minimum Gasteiger partial charge on any atom is -0.497 e. The summed E-state index contributed by atoms with van der Waals surface area (Å²) in [5.74, 6) is 0.891. The van der Waals surface area contributed by atoms with Gasteiger partial charge in [-0.25, -0.2) is 0 Å². The first kappa shape index (κ1) is 18.4. The lowest BCUT2D eigenvalue weighted by atomic mass is 10.1. The Balaban J connectivity index is 1.61. The number of nitrogens with one attached hydrogen (secondary N) is 1. The fourth-order valence-corrected chi connectivity index (χ4v) is 4.26. The topological polar surface area (TPSA) is 64.1 Å². The largest absolute Gasteiger partial charge is 0.497 e.